The summed E-state index contributed by atoms with van der Waals surface area (Å²) in [4.78, 5) is 14.7. The number of anilines is 1. The predicted molar refractivity (Wildman–Crippen MR) is 106 cm³/mol. The number of ether oxygens (including phenoxy) is 1. The third-order valence-corrected chi connectivity index (χ3v) is 3.48. The van der Waals surface area contributed by atoms with Gasteiger partial charge in [-0.2, -0.15) is 0 Å². The molecule has 2 aromatic rings. The molecule has 0 radical (unpaired) electrons. The van der Waals surface area contributed by atoms with Gasteiger partial charge in [0.1, 0.15) is 6.23 Å². The zero-order valence-electron chi connectivity index (χ0n) is 14.8. The van der Waals surface area contributed by atoms with Crippen LogP contribution in [0, 0.1) is 23.7 Å². The van der Waals surface area contributed by atoms with E-state index < -0.39 is 5.97 Å². The lowest BCUT2D eigenvalue weighted by atomic mass is 10.1. The van der Waals surface area contributed by atoms with E-state index in [2.05, 4.69) is 34.0 Å². The largest absolute Gasteiger partial charge is 0.478 e. The first kappa shape index (κ1) is 19.6. The van der Waals surface area contributed by atoms with Gasteiger partial charge in [0, 0.05) is 23.9 Å². The van der Waals surface area contributed by atoms with E-state index in [1.807, 2.05) is 24.3 Å². The first-order chi connectivity index (χ1) is 13.1. The molecule has 6 heteroatoms. The van der Waals surface area contributed by atoms with Gasteiger partial charge in [0.2, 0.25) is 0 Å². The van der Waals surface area contributed by atoms with E-state index in [1.165, 1.54) is 18.5 Å². The molecule has 0 saturated heterocycles. The maximum Gasteiger partial charge on any atom is 0.335 e. The molecule has 0 heterocycles. The van der Waals surface area contributed by atoms with Crippen LogP contribution in [0.3, 0.4) is 0 Å². The summed E-state index contributed by atoms with van der Waals surface area (Å²) in [5.41, 5.74) is 7.87. The number of methoxy groups -OCH3 is 1. The standard InChI is InChI=1S/C21H19N3O3/c1-27-20(14-23-15-22)24-19-12-8-17(9-13-19)5-3-2-4-16-6-10-18(11-7-16)21(25)26/h6-13,15,20,24H,14H2,1H3,(H2,22,23)(H,25,26). The van der Waals surface area contributed by atoms with Crippen molar-refractivity contribution in [3.05, 3.63) is 65.2 Å². The lowest BCUT2D eigenvalue weighted by Gasteiger charge is -2.16. The summed E-state index contributed by atoms with van der Waals surface area (Å²) in [6.45, 7) is 0.414. The molecule has 136 valence electrons. The molecule has 0 spiro atoms. The number of hydrogen-bond acceptors (Lipinski definition) is 4. The SMILES string of the molecule is COC(C/N=C\N)Nc1ccc(C#CC#Cc2ccc(C(=O)O)cc2)cc1. The number of carbonyl (C=O) groups is 1. The van der Waals surface area contributed by atoms with Gasteiger partial charge < -0.3 is 20.9 Å². The molecular formula is C21H19N3O3. The van der Waals surface area contributed by atoms with Crippen molar-refractivity contribution in [2.24, 2.45) is 10.7 Å². The Bertz CT molecular complexity index is 912. The molecule has 1 atom stereocenters. The van der Waals surface area contributed by atoms with Crippen LogP contribution in [0.4, 0.5) is 5.69 Å². The van der Waals surface area contributed by atoms with E-state index >= 15 is 0 Å². The second-order valence-electron chi connectivity index (χ2n) is 5.34. The van der Waals surface area contributed by atoms with E-state index in [4.69, 9.17) is 15.6 Å². The molecule has 0 aromatic heterocycles. The Balaban J connectivity index is 1.96. The highest BCUT2D eigenvalue weighted by Crippen LogP contribution is 2.10. The molecule has 0 bridgehead atoms. The minimum absolute atomic E-state index is 0.228. The lowest BCUT2D eigenvalue weighted by molar-refractivity contribution is 0.0697. The normalized spacial score (nSPS) is 11.0. The molecule has 2 rings (SSSR count). The number of hydrogen-bond donors (Lipinski definition) is 3. The third kappa shape index (κ3) is 6.58. The number of carboxylic acids is 1. The van der Waals surface area contributed by atoms with Crippen LogP contribution in [0.25, 0.3) is 0 Å². The van der Waals surface area contributed by atoms with Crippen molar-refractivity contribution in [3.63, 3.8) is 0 Å². The maximum atomic E-state index is 10.8. The van der Waals surface area contributed by atoms with Gasteiger partial charge in [-0.15, -0.1) is 0 Å². The van der Waals surface area contributed by atoms with Crippen LogP contribution in [-0.2, 0) is 4.74 Å². The van der Waals surface area contributed by atoms with Crippen molar-refractivity contribution in [1.29, 1.82) is 0 Å². The predicted octanol–water partition coefficient (Wildman–Crippen LogP) is 2.16. The fourth-order valence-electron chi connectivity index (χ4n) is 2.07. The molecule has 0 amide bonds. The lowest BCUT2D eigenvalue weighted by Crippen LogP contribution is -2.25. The number of nitrogens with zero attached hydrogens (tertiary/aromatic N) is 1. The minimum Gasteiger partial charge on any atom is -0.478 e. The van der Waals surface area contributed by atoms with Gasteiger partial charge in [0.25, 0.3) is 0 Å². The van der Waals surface area contributed by atoms with E-state index in [9.17, 15) is 4.79 Å². The zero-order valence-corrected chi connectivity index (χ0v) is 14.8. The average Bonchev–Trinajstić information content (AvgIpc) is 2.70. The topological polar surface area (TPSA) is 96.9 Å². The van der Waals surface area contributed by atoms with E-state index in [-0.39, 0.29) is 11.8 Å². The molecule has 0 saturated carbocycles. The zero-order chi connectivity index (χ0) is 19.5. The van der Waals surface area contributed by atoms with Gasteiger partial charge >= 0.3 is 5.97 Å². The number of nitrogens with two attached hydrogens (primary N) is 1. The summed E-state index contributed by atoms with van der Waals surface area (Å²) >= 11 is 0. The second kappa shape index (κ2) is 10.3. The fraction of sp³-hybridized carbons (Fsp3) is 0.143. The summed E-state index contributed by atoms with van der Waals surface area (Å²) in [7, 11) is 1.59. The highest BCUT2D eigenvalue weighted by atomic mass is 16.5. The monoisotopic (exact) mass is 361 g/mol. The highest BCUT2D eigenvalue weighted by molar-refractivity contribution is 5.87. The van der Waals surface area contributed by atoms with Crippen molar-refractivity contribution in [2.45, 2.75) is 6.23 Å². The molecule has 0 fully saturated rings. The maximum absolute atomic E-state index is 10.8. The number of aromatic carboxylic acids is 1. The Morgan fingerprint density at radius 1 is 1.15 bits per heavy atom. The second-order valence-corrected chi connectivity index (χ2v) is 5.34. The van der Waals surface area contributed by atoms with Crippen molar-refractivity contribution < 1.29 is 14.6 Å². The van der Waals surface area contributed by atoms with Crippen molar-refractivity contribution >= 4 is 18.0 Å². The fourth-order valence-corrected chi connectivity index (χ4v) is 2.07. The summed E-state index contributed by atoms with van der Waals surface area (Å²) in [6.07, 6.45) is 0.980. The first-order valence-corrected chi connectivity index (χ1v) is 8.07. The number of nitrogens with one attached hydrogen (secondary N) is 1. The third-order valence-electron chi connectivity index (χ3n) is 3.48. The molecule has 4 N–H and O–H groups in total. The Kier molecular flexibility index (Phi) is 7.47. The Hall–Kier alpha value is -3.74. The number of carboxylic acid groups (broad SMARTS) is 1. The molecule has 0 aliphatic heterocycles. The number of aliphatic imine (C=N–C) groups is 1. The molecule has 0 aliphatic rings. The van der Waals surface area contributed by atoms with E-state index in [1.54, 1.807) is 19.2 Å². The van der Waals surface area contributed by atoms with Gasteiger partial charge in [-0.3, -0.25) is 4.99 Å². The highest BCUT2D eigenvalue weighted by Gasteiger charge is 2.05. The summed E-state index contributed by atoms with van der Waals surface area (Å²) in [6, 6.07) is 13.9. The molecule has 6 nitrogen and oxygen atoms in total. The van der Waals surface area contributed by atoms with Crippen LogP contribution < -0.4 is 11.1 Å². The smallest absolute Gasteiger partial charge is 0.335 e. The van der Waals surface area contributed by atoms with Crippen LogP contribution in [0.15, 0.2) is 53.5 Å². The van der Waals surface area contributed by atoms with Gasteiger partial charge in [0.05, 0.1) is 18.4 Å². The van der Waals surface area contributed by atoms with Crippen LogP contribution in [0.2, 0.25) is 0 Å². The van der Waals surface area contributed by atoms with Crippen molar-refractivity contribution in [3.8, 4) is 23.7 Å². The van der Waals surface area contributed by atoms with E-state index in [0.717, 1.165) is 11.3 Å². The van der Waals surface area contributed by atoms with Gasteiger partial charge in [-0.25, -0.2) is 4.79 Å². The van der Waals surface area contributed by atoms with Crippen molar-refractivity contribution in [1.82, 2.24) is 0 Å². The Morgan fingerprint density at radius 2 is 1.70 bits per heavy atom. The van der Waals surface area contributed by atoms with Crippen LogP contribution >= 0.6 is 0 Å². The summed E-state index contributed by atoms with van der Waals surface area (Å²) < 4.78 is 5.27. The van der Waals surface area contributed by atoms with Gasteiger partial charge in [-0.05, 0) is 60.4 Å². The number of benzene rings is 2. The van der Waals surface area contributed by atoms with Crippen LogP contribution in [0.1, 0.15) is 21.5 Å². The van der Waals surface area contributed by atoms with Crippen LogP contribution in [-0.4, -0.2) is 37.3 Å². The molecule has 0 aliphatic carbocycles. The average molecular weight is 361 g/mol. The quantitative estimate of drug-likeness (QED) is 0.317. The van der Waals surface area contributed by atoms with Gasteiger partial charge in [-0.1, -0.05) is 11.8 Å². The molecule has 27 heavy (non-hydrogen) atoms. The van der Waals surface area contributed by atoms with E-state index in [0.29, 0.717) is 12.1 Å². The first-order valence-electron chi connectivity index (χ1n) is 8.07. The minimum atomic E-state index is -0.962. The molecule has 2 aromatic carbocycles. The summed E-state index contributed by atoms with van der Waals surface area (Å²) in [5.74, 6) is 10.4. The van der Waals surface area contributed by atoms with Crippen LogP contribution in [0.5, 0.6) is 0 Å². The molecule has 1 unspecified atom stereocenters. The van der Waals surface area contributed by atoms with Gasteiger partial charge in [0.15, 0.2) is 0 Å². The Morgan fingerprint density at radius 3 is 2.19 bits per heavy atom. The summed E-state index contributed by atoms with van der Waals surface area (Å²) in [5, 5.41) is 12.0. The Labute approximate surface area is 158 Å². The van der Waals surface area contributed by atoms with Crippen molar-refractivity contribution in [2.75, 3.05) is 19.0 Å². The molecular weight excluding hydrogens is 342 g/mol. The number of rotatable bonds is 6.